The van der Waals surface area contributed by atoms with Crippen LogP contribution in [-0.4, -0.2) is 43.5 Å². The highest BCUT2D eigenvalue weighted by atomic mass is 16.5. The summed E-state index contributed by atoms with van der Waals surface area (Å²) in [7, 11) is 5.16. The van der Waals surface area contributed by atoms with Crippen molar-refractivity contribution < 1.29 is 19.2 Å². The SMILES string of the molecule is COc1ccc(NC(=O)C[NH+](C)Cc2c(C)nn(-c3ccccc3)c2C)c(OC)c1. The summed E-state index contributed by atoms with van der Waals surface area (Å²) < 4.78 is 12.5. The van der Waals surface area contributed by atoms with Crippen LogP contribution in [0.5, 0.6) is 11.5 Å². The van der Waals surface area contributed by atoms with Gasteiger partial charge in [0, 0.05) is 6.07 Å². The number of nitrogens with one attached hydrogen (secondary N) is 2. The number of carbonyl (C=O) groups excluding carboxylic acids is 1. The van der Waals surface area contributed by atoms with E-state index in [0.717, 1.165) is 27.5 Å². The van der Waals surface area contributed by atoms with Crippen LogP contribution in [0.3, 0.4) is 0 Å². The summed E-state index contributed by atoms with van der Waals surface area (Å²) in [6.07, 6.45) is 0. The van der Waals surface area contributed by atoms with Crippen LogP contribution in [0, 0.1) is 13.8 Å². The molecule has 0 spiro atoms. The molecule has 1 aromatic heterocycles. The van der Waals surface area contributed by atoms with E-state index in [9.17, 15) is 4.79 Å². The van der Waals surface area contributed by atoms with Gasteiger partial charge < -0.3 is 19.7 Å². The molecule has 1 unspecified atom stereocenters. The van der Waals surface area contributed by atoms with Crippen LogP contribution in [0.2, 0.25) is 0 Å². The molecule has 7 heteroatoms. The van der Waals surface area contributed by atoms with Gasteiger partial charge in [-0.15, -0.1) is 0 Å². The Kier molecular flexibility index (Phi) is 6.74. The Labute approximate surface area is 177 Å². The van der Waals surface area contributed by atoms with Gasteiger partial charge in [-0.25, -0.2) is 4.68 Å². The van der Waals surface area contributed by atoms with E-state index in [1.165, 1.54) is 0 Å². The average molecular weight is 410 g/mol. The number of carbonyl (C=O) groups is 1. The number of hydrogen-bond acceptors (Lipinski definition) is 4. The number of quaternary nitrogens is 1. The fraction of sp³-hybridized carbons (Fsp3) is 0.304. The maximum absolute atomic E-state index is 12.6. The summed E-state index contributed by atoms with van der Waals surface area (Å²) in [5.41, 5.74) is 4.89. The number of likely N-dealkylation sites (N-methyl/N-ethyl adjacent to an activating group) is 1. The number of aryl methyl sites for hydroxylation is 1. The number of rotatable bonds is 8. The van der Waals surface area contributed by atoms with Crippen molar-refractivity contribution in [2.75, 3.05) is 33.1 Å². The minimum atomic E-state index is -0.0817. The first-order valence-electron chi connectivity index (χ1n) is 9.86. The van der Waals surface area contributed by atoms with Crippen molar-refractivity contribution in [3.05, 3.63) is 65.5 Å². The van der Waals surface area contributed by atoms with Gasteiger partial charge in [0.25, 0.3) is 5.91 Å². The van der Waals surface area contributed by atoms with E-state index in [-0.39, 0.29) is 5.91 Å². The quantitative estimate of drug-likeness (QED) is 0.598. The topological polar surface area (TPSA) is 69.8 Å². The first-order chi connectivity index (χ1) is 14.4. The van der Waals surface area contributed by atoms with Crippen molar-refractivity contribution in [3.8, 4) is 17.2 Å². The van der Waals surface area contributed by atoms with Crippen molar-refractivity contribution in [2.24, 2.45) is 0 Å². The van der Waals surface area contributed by atoms with Gasteiger partial charge in [0.2, 0.25) is 0 Å². The monoisotopic (exact) mass is 409 g/mol. The molecule has 0 aliphatic rings. The smallest absolute Gasteiger partial charge is 0.279 e. The van der Waals surface area contributed by atoms with E-state index in [4.69, 9.17) is 14.6 Å². The number of para-hydroxylation sites is 1. The van der Waals surface area contributed by atoms with Crippen LogP contribution in [0.15, 0.2) is 48.5 Å². The van der Waals surface area contributed by atoms with Gasteiger partial charge in [-0.1, -0.05) is 18.2 Å². The second-order valence-corrected chi connectivity index (χ2v) is 7.32. The van der Waals surface area contributed by atoms with E-state index >= 15 is 0 Å². The van der Waals surface area contributed by atoms with Gasteiger partial charge in [0.15, 0.2) is 6.54 Å². The third kappa shape index (κ3) is 4.80. The zero-order valence-electron chi connectivity index (χ0n) is 18.2. The number of nitrogens with zero attached hydrogens (tertiary/aromatic N) is 2. The van der Waals surface area contributed by atoms with E-state index < -0.39 is 0 Å². The predicted octanol–water partition coefficient (Wildman–Crippen LogP) is 2.16. The normalized spacial score (nSPS) is 11.8. The van der Waals surface area contributed by atoms with Crippen LogP contribution in [0.1, 0.15) is 17.0 Å². The molecule has 7 nitrogen and oxygen atoms in total. The Balaban J connectivity index is 1.67. The number of benzene rings is 2. The second-order valence-electron chi connectivity index (χ2n) is 7.32. The van der Waals surface area contributed by atoms with Crippen molar-refractivity contribution in [2.45, 2.75) is 20.4 Å². The van der Waals surface area contributed by atoms with Gasteiger partial charge in [0.05, 0.1) is 49.6 Å². The minimum absolute atomic E-state index is 0.0817. The van der Waals surface area contributed by atoms with Crippen molar-refractivity contribution in [3.63, 3.8) is 0 Å². The molecule has 2 N–H and O–H groups in total. The molecule has 0 bridgehead atoms. The molecular formula is C23H29N4O3+. The zero-order chi connectivity index (χ0) is 21.7. The third-order valence-corrected chi connectivity index (χ3v) is 5.07. The summed E-state index contributed by atoms with van der Waals surface area (Å²) in [4.78, 5) is 13.7. The molecule has 1 heterocycles. The highest BCUT2D eigenvalue weighted by Crippen LogP contribution is 2.28. The van der Waals surface area contributed by atoms with Crippen LogP contribution in [-0.2, 0) is 11.3 Å². The maximum Gasteiger partial charge on any atom is 0.279 e. The molecule has 30 heavy (non-hydrogen) atoms. The van der Waals surface area contributed by atoms with Gasteiger partial charge in [-0.05, 0) is 38.1 Å². The van der Waals surface area contributed by atoms with Crippen LogP contribution in [0.4, 0.5) is 5.69 Å². The Morgan fingerprint density at radius 2 is 1.83 bits per heavy atom. The molecule has 0 fully saturated rings. The van der Waals surface area contributed by atoms with Gasteiger partial charge >= 0.3 is 0 Å². The van der Waals surface area contributed by atoms with Crippen molar-refractivity contribution >= 4 is 11.6 Å². The Morgan fingerprint density at radius 3 is 2.50 bits per heavy atom. The molecule has 158 valence electrons. The van der Waals surface area contributed by atoms with E-state index in [0.29, 0.717) is 30.3 Å². The Bertz CT molecular complexity index is 1010. The second kappa shape index (κ2) is 9.45. The van der Waals surface area contributed by atoms with Crippen molar-refractivity contribution in [1.29, 1.82) is 0 Å². The van der Waals surface area contributed by atoms with Gasteiger partial charge in [0.1, 0.15) is 18.0 Å². The first-order valence-corrected chi connectivity index (χ1v) is 9.86. The Morgan fingerprint density at radius 1 is 1.10 bits per heavy atom. The molecular weight excluding hydrogens is 380 g/mol. The molecule has 2 aromatic carbocycles. The summed E-state index contributed by atoms with van der Waals surface area (Å²) >= 11 is 0. The largest absolute Gasteiger partial charge is 0.497 e. The molecule has 1 amide bonds. The fourth-order valence-electron chi connectivity index (χ4n) is 3.49. The Hall–Kier alpha value is -3.32. The average Bonchev–Trinajstić information content (AvgIpc) is 3.02. The first kappa shape index (κ1) is 21.4. The number of amides is 1. The van der Waals surface area contributed by atoms with Crippen molar-refractivity contribution in [1.82, 2.24) is 9.78 Å². The molecule has 0 aliphatic heterocycles. The lowest BCUT2D eigenvalue weighted by molar-refractivity contribution is -0.885. The number of aromatic nitrogens is 2. The third-order valence-electron chi connectivity index (χ3n) is 5.07. The van der Waals surface area contributed by atoms with Gasteiger partial charge in [-0.3, -0.25) is 4.79 Å². The van der Waals surface area contributed by atoms with E-state index in [1.54, 1.807) is 32.4 Å². The molecule has 1 atom stereocenters. The summed E-state index contributed by atoms with van der Waals surface area (Å²) in [5, 5.41) is 7.62. The fourth-order valence-corrected chi connectivity index (χ4v) is 3.49. The molecule has 0 saturated heterocycles. The highest BCUT2D eigenvalue weighted by molar-refractivity contribution is 5.93. The zero-order valence-corrected chi connectivity index (χ0v) is 18.2. The van der Waals surface area contributed by atoms with E-state index in [1.807, 2.05) is 49.0 Å². The lowest BCUT2D eigenvalue weighted by atomic mass is 10.2. The van der Waals surface area contributed by atoms with E-state index in [2.05, 4.69) is 12.2 Å². The summed E-state index contributed by atoms with van der Waals surface area (Å²) in [5.74, 6) is 1.16. The lowest BCUT2D eigenvalue weighted by Crippen LogP contribution is -3.08. The summed E-state index contributed by atoms with van der Waals surface area (Å²) in [6, 6.07) is 15.4. The highest BCUT2D eigenvalue weighted by Gasteiger charge is 2.19. The number of hydrogen-bond donors (Lipinski definition) is 2. The maximum atomic E-state index is 12.6. The lowest BCUT2D eigenvalue weighted by Gasteiger charge is -2.16. The predicted molar refractivity (Wildman–Crippen MR) is 117 cm³/mol. The number of methoxy groups -OCH3 is 2. The molecule has 3 rings (SSSR count). The molecule has 0 saturated carbocycles. The minimum Gasteiger partial charge on any atom is -0.497 e. The van der Waals surface area contributed by atoms with Crippen LogP contribution >= 0.6 is 0 Å². The van der Waals surface area contributed by atoms with Gasteiger partial charge in [-0.2, -0.15) is 5.10 Å². The van der Waals surface area contributed by atoms with Crippen LogP contribution < -0.4 is 19.7 Å². The number of anilines is 1. The molecule has 0 radical (unpaired) electrons. The molecule has 0 aliphatic carbocycles. The number of ether oxygens (including phenoxy) is 2. The van der Waals surface area contributed by atoms with Crippen LogP contribution in [0.25, 0.3) is 5.69 Å². The molecule has 3 aromatic rings. The summed E-state index contributed by atoms with van der Waals surface area (Å²) in [6.45, 7) is 5.11. The standard InChI is InChI=1S/C23H28N4O3/c1-16-20(17(2)27(25-16)18-9-7-6-8-10-18)14-26(3)15-23(28)24-21-12-11-19(29-4)13-22(21)30-5/h6-13H,14-15H2,1-5H3,(H,24,28)/p+1.